The molecular weight excluding hydrogens is 248 g/mol. The van der Waals surface area contributed by atoms with Crippen molar-refractivity contribution >= 4 is 0 Å². The van der Waals surface area contributed by atoms with Crippen LogP contribution in [0.2, 0.25) is 0 Å². The lowest BCUT2D eigenvalue weighted by Crippen LogP contribution is -2.38. The highest BCUT2D eigenvalue weighted by atomic mass is 16.3. The summed E-state index contributed by atoms with van der Waals surface area (Å²) >= 11 is 0. The van der Waals surface area contributed by atoms with Crippen molar-refractivity contribution in [2.24, 2.45) is 11.3 Å². The predicted octanol–water partition coefficient (Wildman–Crippen LogP) is 3.89. The summed E-state index contributed by atoms with van der Waals surface area (Å²) in [4.78, 5) is 4.65. The maximum Gasteiger partial charge on any atom is 0.108 e. The lowest BCUT2D eigenvalue weighted by Gasteiger charge is -2.44. The minimum atomic E-state index is -0.156. The summed E-state index contributed by atoms with van der Waals surface area (Å²) < 4.78 is 2.36. The Hall–Kier alpha value is -0.830. The Morgan fingerprint density at radius 1 is 1.35 bits per heavy atom. The van der Waals surface area contributed by atoms with E-state index in [1.807, 2.05) is 0 Å². The van der Waals surface area contributed by atoms with Crippen molar-refractivity contribution in [2.75, 3.05) is 0 Å². The molecule has 114 valence electrons. The average Bonchev–Trinajstić information content (AvgIpc) is 2.79. The van der Waals surface area contributed by atoms with Crippen LogP contribution in [-0.2, 0) is 6.42 Å². The van der Waals surface area contributed by atoms with Crippen LogP contribution < -0.4 is 0 Å². The van der Waals surface area contributed by atoms with Gasteiger partial charge in [-0.3, -0.25) is 0 Å². The molecule has 3 atom stereocenters. The van der Waals surface area contributed by atoms with E-state index in [1.54, 1.807) is 0 Å². The third-order valence-electron chi connectivity index (χ3n) is 5.31. The molecule has 3 heteroatoms. The van der Waals surface area contributed by atoms with Crippen molar-refractivity contribution in [1.29, 1.82) is 0 Å². The van der Waals surface area contributed by atoms with E-state index in [1.165, 1.54) is 12.2 Å². The van der Waals surface area contributed by atoms with Crippen LogP contribution in [0, 0.1) is 18.3 Å². The molecular formula is C17H30N2O. The summed E-state index contributed by atoms with van der Waals surface area (Å²) in [7, 11) is 0. The molecule has 20 heavy (non-hydrogen) atoms. The van der Waals surface area contributed by atoms with E-state index in [0.717, 1.165) is 31.4 Å². The van der Waals surface area contributed by atoms with Gasteiger partial charge in [0.2, 0.25) is 0 Å². The molecule has 1 aromatic rings. The van der Waals surface area contributed by atoms with Gasteiger partial charge in [0.25, 0.3) is 0 Å². The van der Waals surface area contributed by atoms with E-state index in [-0.39, 0.29) is 6.10 Å². The molecule has 0 aliphatic heterocycles. The summed E-state index contributed by atoms with van der Waals surface area (Å²) in [6.07, 6.45) is 7.10. The van der Waals surface area contributed by atoms with Crippen molar-refractivity contribution in [3.8, 4) is 0 Å². The molecule has 1 aliphatic carbocycles. The fourth-order valence-electron chi connectivity index (χ4n) is 3.72. The summed E-state index contributed by atoms with van der Waals surface area (Å²) in [5, 5.41) is 10.1. The van der Waals surface area contributed by atoms with Crippen molar-refractivity contribution in [3.63, 3.8) is 0 Å². The van der Waals surface area contributed by atoms with Gasteiger partial charge >= 0.3 is 0 Å². The van der Waals surface area contributed by atoms with Gasteiger partial charge < -0.3 is 9.67 Å². The van der Waals surface area contributed by atoms with Gasteiger partial charge in [0, 0.05) is 18.7 Å². The van der Waals surface area contributed by atoms with Gasteiger partial charge in [-0.2, -0.15) is 0 Å². The van der Waals surface area contributed by atoms with E-state index >= 15 is 0 Å². The quantitative estimate of drug-likeness (QED) is 0.907. The highest BCUT2D eigenvalue weighted by Crippen LogP contribution is 2.46. The molecule has 0 amide bonds. The summed E-state index contributed by atoms with van der Waals surface area (Å²) in [5.41, 5.74) is 1.41. The molecule has 2 rings (SSSR count). The van der Waals surface area contributed by atoms with E-state index in [0.29, 0.717) is 17.4 Å². The lowest BCUT2D eigenvalue weighted by atomic mass is 9.66. The van der Waals surface area contributed by atoms with Crippen LogP contribution in [-0.4, -0.2) is 20.8 Å². The van der Waals surface area contributed by atoms with Crippen LogP contribution in [0.5, 0.6) is 0 Å². The molecule has 1 N–H and O–H groups in total. The van der Waals surface area contributed by atoms with Gasteiger partial charge in [0.1, 0.15) is 5.82 Å². The minimum Gasteiger partial charge on any atom is -0.393 e. The summed E-state index contributed by atoms with van der Waals surface area (Å²) in [6.45, 7) is 11.3. The van der Waals surface area contributed by atoms with E-state index < -0.39 is 0 Å². The Kier molecular flexibility index (Phi) is 4.58. The highest BCUT2D eigenvalue weighted by molar-refractivity contribution is 5.06. The standard InChI is InChI=1S/C17H30N2O/c1-6-16-18-12(3)11-19(16)15-10-13(20)8-9-14(15)17(4,5)7-2/h11,13-15,20H,6-10H2,1-5H3. The number of nitrogens with zero attached hydrogens (tertiary/aromatic N) is 2. The first-order chi connectivity index (χ1) is 9.39. The van der Waals surface area contributed by atoms with Gasteiger partial charge in [0.05, 0.1) is 11.8 Å². The molecule has 0 radical (unpaired) electrons. The van der Waals surface area contributed by atoms with Gasteiger partial charge in [-0.1, -0.05) is 34.1 Å². The third-order valence-corrected chi connectivity index (χ3v) is 5.31. The lowest BCUT2D eigenvalue weighted by molar-refractivity contribution is 0.0207. The fourth-order valence-corrected chi connectivity index (χ4v) is 3.72. The number of imidazole rings is 1. The van der Waals surface area contributed by atoms with Gasteiger partial charge in [0.15, 0.2) is 0 Å². The first kappa shape index (κ1) is 15.6. The van der Waals surface area contributed by atoms with E-state index in [4.69, 9.17) is 0 Å². The van der Waals surface area contributed by atoms with Gasteiger partial charge in [-0.15, -0.1) is 0 Å². The second-order valence-corrected chi connectivity index (χ2v) is 7.04. The van der Waals surface area contributed by atoms with Crippen molar-refractivity contribution in [2.45, 2.75) is 78.9 Å². The van der Waals surface area contributed by atoms with E-state index in [2.05, 4.69) is 50.4 Å². The molecule has 3 nitrogen and oxygen atoms in total. The summed E-state index contributed by atoms with van der Waals surface area (Å²) in [5.74, 6) is 1.79. The Balaban J connectivity index is 2.37. The zero-order valence-electron chi connectivity index (χ0n) is 13.7. The monoisotopic (exact) mass is 278 g/mol. The van der Waals surface area contributed by atoms with Crippen LogP contribution in [0.3, 0.4) is 0 Å². The van der Waals surface area contributed by atoms with Gasteiger partial charge in [-0.05, 0) is 37.5 Å². The number of aryl methyl sites for hydroxylation is 2. The number of rotatable bonds is 4. The smallest absolute Gasteiger partial charge is 0.108 e. The topological polar surface area (TPSA) is 38.0 Å². The number of hydrogen-bond donors (Lipinski definition) is 1. The second kappa shape index (κ2) is 5.88. The van der Waals surface area contributed by atoms with Crippen molar-refractivity contribution in [1.82, 2.24) is 9.55 Å². The predicted molar refractivity (Wildman–Crippen MR) is 82.8 cm³/mol. The molecule has 1 fully saturated rings. The van der Waals surface area contributed by atoms with Crippen LogP contribution in [0.15, 0.2) is 6.20 Å². The Labute approximate surface area is 123 Å². The average molecular weight is 278 g/mol. The number of aromatic nitrogens is 2. The normalized spacial score (nSPS) is 27.8. The van der Waals surface area contributed by atoms with Crippen LogP contribution in [0.4, 0.5) is 0 Å². The van der Waals surface area contributed by atoms with Crippen LogP contribution >= 0.6 is 0 Å². The molecule has 1 aliphatic rings. The first-order valence-electron chi connectivity index (χ1n) is 8.11. The molecule has 0 saturated heterocycles. The maximum absolute atomic E-state index is 10.1. The molecule has 3 unspecified atom stereocenters. The van der Waals surface area contributed by atoms with Crippen molar-refractivity contribution in [3.05, 3.63) is 17.7 Å². The molecule has 1 heterocycles. The molecule has 0 spiro atoms. The largest absolute Gasteiger partial charge is 0.393 e. The zero-order valence-corrected chi connectivity index (χ0v) is 13.7. The SMILES string of the molecule is CCc1nc(C)cn1C1CC(O)CCC1C(C)(C)CC. The molecule has 1 saturated carbocycles. The summed E-state index contributed by atoms with van der Waals surface area (Å²) in [6, 6.07) is 0.393. The van der Waals surface area contributed by atoms with Gasteiger partial charge in [-0.25, -0.2) is 4.98 Å². The first-order valence-corrected chi connectivity index (χ1v) is 8.11. The Bertz CT molecular complexity index is 450. The Morgan fingerprint density at radius 2 is 2.05 bits per heavy atom. The third kappa shape index (κ3) is 2.93. The highest BCUT2D eigenvalue weighted by Gasteiger charge is 2.40. The maximum atomic E-state index is 10.1. The zero-order chi connectivity index (χ0) is 14.9. The number of aliphatic hydroxyl groups excluding tert-OH is 1. The fraction of sp³-hybridized carbons (Fsp3) is 0.824. The molecule has 0 bridgehead atoms. The molecule has 0 aromatic carbocycles. The van der Waals surface area contributed by atoms with Crippen LogP contribution in [0.1, 0.15) is 70.9 Å². The number of aliphatic hydroxyl groups is 1. The Morgan fingerprint density at radius 3 is 2.65 bits per heavy atom. The minimum absolute atomic E-state index is 0.156. The number of hydrogen-bond acceptors (Lipinski definition) is 2. The van der Waals surface area contributed by atoms with Crippen molar-refractivity contribution < 1.29 is 5.11 Å². The van der Waals surface area contributed by atoms with E-state index in [9.17, 15) is 5.11 Å². The van der Waals surface area contributed by atoms with Crippen LogP contribution in [0.25, 0.3) is 0 Å². The molecule has 1 aromatic heterocycles. The second-order valence-electron chi connectivity index (χ2n) is 7.04.